The highest BCUT2D eigenvalue weighted by Crippen LogP contribution is 2.16. The van der Waals surface area contributed by atoms with E-state index in [1.165, 1.54) is 0 Å². The third-order valence-corrected chi connectivity index (χ3v) is 3.85. The summed E-state index contributed by atoms with van der Waals surface area (Å²) in [6, 6.07) is 16.7. The van der Waals surface area contributed by atoms with Crippen LogP contribution < -0.4 is 10.6 Å². The Hall–Kier alpha value is -2.95. The fourth-order valence-electron chi connectivity index (χ4n) is 2.56. The lowest BCUT2D eigenvalue weighted by Crippen LogP contribution is -2.30. The van der Waals surface area contributed by atoms with Crippen molar-refractivity contribution in [3.63, 3.8) is 0 Å². The van der Waals surface area contributed by atoms with Crippen molar-refractivity contribution in [3.05, 3.63) is 65.7 Å². The standard InChI is InChI=1S/C21H24N2O3/c1-2-8-20(25)22-15-18(24)14-17-11-6-7-12-19(17)23-21(26)13-16-9-4-3-5-10-16/h3-7,9-12H,2,8,13-15H2,1H3,(H,22,25)(H,23,26). The Morgan fingerprint density at radius 1 is 0.846 bits per heavy atom. The van der Waals surface area contributed by atoms with Crippen LogP contribution in [0.5, 0.6) is 0 Å². The second-order valence-corrected chi connectivity index (χ2v) is 6.11. The van der Waals surface area contributed by atoms with Gasteiger partial charge in [0, 0.05) is 18.5 Å². The molecule has 2 amide bonds. The number of benzene rings is 2. The number of anilines is 1. The van der Waals surface area contributed by atoms with Gasteiger partial charge in [0.25, 0.3) is 0 Å². The summed E-state index contributed by atoms with van der Waals surface area (Å²) in [6.07, 6.45) is 1.60. The molecule has 2 aromatic carbocycles. The van der Waals surface area contributed by atoms with Crippen LogP contribution in [0.3, 0.4) is 0 Å². The second kappa shape index (κ2) is 10.1. The number of amides is 2. The van der Waals surface area contributed by atoms with Crippen LogP contribution in [-0.4, -0.2) is 24.1 Å². The number of Topliss-reactive ketones (excluding diaryl/α,β-unsaturated/α-hetero) is 1. The van der Waals surface area contributed by atoms with Gasteiger partial charge in [-0.3, -0.25) is 14.4 Å². The van der Waals surface area contributed by atoms with Crippen molar-refractivity contribution < 1.29 is 14.4 Å². The van der Waals surface area contributed by atoms with Crippen LogP contribution in [0.2, 0.25) is 0 Å². The highest BCUT2D eigenvalue weighted by atomic mass is 16.2. The lowest BCUT2D eigenvalue weighted by Gasteiger charge is -2.11. The molecule has 0 aliphatic rings. The molecule has 2 rings (SSSR count). The Labute approximate surface area is 153 Å². The predicted octanol–water partition coefficient (Wildman–Crippen LogP) is 2.90. The first-order chi connectivity index (χ1) is 12.6. The quantitative estimate of drug-likeness (QED) is 0.729. The normalized spacial score (nSPS) is 10.2. The summed E-state index contributed by atoms with van der Waals surface area (Å²) >= 11 is 0. The number of hydrogen-bond donors (Lipinski definition) is 2. The zero-order valence-corrected chi connectivity index (χ0v) is 15.0. The Morgan fingerprint density at radius 2 is 1.54 bits per heavy atom. The maximum absolute atomic E-state index is 12.3. The maximum atomic E-state index is 12.3. The van der Waals surface area contributed by atoms with Gasteiger partial charge >= 0.3 is 0 Å². The van der Waals surface area contributed by atoms with Crippen molar-refractivity contribution in [2.75, 3.05) is 11.9 Å². The number of carbonyl (C=O) groups excluding carboxylic acids is 3. The molecule has 26 heavy (non-hydrogen) atoms. The van der Waals surface area contributed by atoms with Crippen LogP contribution in [-0.2, 0) is 27.2 Å². The summed E-state index contributed by atoms with van der Waals surface area (Å²) in [5.41, 5.74) is 2.29. The van der Waals surface area contributed by atoms with Crippen LogP contribution in [0.15, 0.2) is 54.6 Å². The molecule has 0 saturated heterocycles. The summed E-state index contributed by atoms with van der Waals surface area (Å²) in [7, 11) is 0. The minimum Gasteiger partial charge on any atom is -0.349 e. The Morgan fingerprint density at radius 3 is 2.27 bits per heavy atom. The number of nitrogens with one attached hydrogen (secondary N) is 2. The van der Waals surface area contributed by atoms with Crippen molar-refractivity contribution >= 4 is 23.3 Å². The van der Waals surface area contributed by atoms with Gasteiger partial charge in [-0.15, -0.1) is 0 Å². The third kappa shape index (κ3) is 6.51. The smallest absolute Gasteiger partial charge is 0.228 e. The van der Waals surface area contributed by atoms with Crippen molar-refractivity contribution in [1.29, 1.82) is 0 Å². The first-order valence-corrected chi connectivity index (χ1v) is 8.78. The molecule has 0 atom stereocenters. The molecular formula is C21H24N2O3. The Bertz CT molecular complexity index is 757. The van der Waals surface area contributed by atoms with E-state index in [9.17, 15) is 14.4 Å². The van der Waals surface area contributed by atoms with E-state index < -0.39 is 0 Å². The van der Waals surface area contributed by atoms with Gasteiger partial charge in [0.2, 0.25) is 11.8 Å². The van der Waals surface area contributed by atoms with E-state index >= 15 is 0 Å². The summed E-state index contributed by atoms with van der Waals surface area (Å²) in [6.45, 7) is 1.92. The molecule has 2 aromatic rings. The molecule has 0 saturated carbocycles. The van der Waals surface area contributed by atoms with Gasteiger partial charge in [0.15, 0.2) is 5.78 Å². The summed E-state index contributed by atoms with van der Waals surface area (Å²) in [5.74, 6) is -0.350. The van der Waals surface area contributed by atoms with Crippen LogP contribution in [0, 0.1) is 0 Å². The molecule has 0 unspecified atom stereocenters. The maximum Gasteiger partial charge on any atom is 0.228 e. The van der Waals surface area contributed by atoms with Crippen LogP contribution in [0.1, 0.15) is 30.9 Å². The van der Waals surface area contributed by atoms with Crippen molar-refractivity contribution in [1.82, 2.24) is 5.32 Å². The van der Waals surface area contributed by atoms with Crippen molar-refractivity contribution in [3.8, 4) is 0 Å². The largest absolute Gasteiger partial charge is 0.349 e. The monoisotopic (exact) mass is 352 g/mol. The molecule has 5 heteroatoms. The van der Waals surface area contributed by atoms with Gasteiger partial charge < -0.3 is 10.6 Å². The minimum atomic E-state index is -0.132. The van der Waals surface area contributed by atoms with Gasteiger partial charge in [-0.25, -0.2) is 0 Å². The van der Waals surface area contributed by atoms with Crippen molar-refractivity contribution in [2.45, 2.75) is 32.6 Å². The highest BCUT2D eigenvalue weighted by Gasteiger charge is 2.11. The lowest BCUT2D eigenvalue weighted by molar-refractivity contribution is -0.124. The summed E-state index contributed by atoms with van der Waals surface area (Å²) in [5, 5.41) is 5.49. The molecule has 0 aromatic heterocycles. The average molecular weight is 352 g/mol. The van der Waals surface area contributed by atoms with E-state index in [1.54, 1.807) is 6.07 Å². The van der Waals surface area contributed by atoms with E-state index in [-0.39, 0.29) is 37.0 Å². The van der Waals surface area contributed by atoms with Gasteiger partial charge in [-0.05, 0) is 23.6 Å². The fraction of sp³-hybridized carbons (Fsp3) is 0.286. The Kier molecular flexibility index (Phi) is 7.55. The SMILES string of the molecule is CCCC(=O)NCC(=O)Cc1ccccc1NC(=O)Cc1ccccc1. The highest BCUT2D eigenvalue weighted by molar-refractivity contribution is 5.94. The first-order valence-electron chi connectivity index (χ1n) is 8.78. The van der Waals surface area contributed by atoms with Gasteiger partial charge in [0.05, 0.1) is 13.0 Å². The lowest BCUT2D eigenvalue weighted by atomic mass is 10.1. The van der Waals surface area contributed by atoms with Crippen LogP contribution in [0.4, 0.5) is 5.69 Å². The first kappa shape index (κ1) is 19.4. The molecule has 0 fully saturated rings. The zero-order chi connectivity index (χ0) is 18.8. The Balaban J connectivity index is 1.93. The molecule has 0 aliphatic heterocycles. The molecule has 0 spiro atoms. The number of carbonyl (C=O) groups is 3. The zero-order valence-electron chi connectivity index (χ0n) is 15.0. The van der Waals surface area contributed by atoms with Gasteiger partial charge in [-0.1, -0.05) is 55.5 Å². The molecule has 5 nitrogen and oxygen atoms in total. The van der Waals surface area contributed by atoms with Gasteiger partial charge in [0.1, 0.15) is 0 Å². The van der Waals surface area contributed by atoms with Gasteiger partial charge in [-0.2, -0.15) is 0 Å². The fourth-order valence-corrected chi connectivity index (χ4v) is 2.56. The summed E-state index contributed by atoms with van der Waals surface area (Å²) in [4.78, 5) is 35.8. The van der Waals surface area contributed by atoms with E-state index in [0.29, 0.717) is 12.1 Å². The second-order valence-electron chi connectivity index (χ2n) is 6.11. The minimum absolute atomic E-state index is 0.00509. The number of rotatable bonds is 9. The summed E-state index contributed by atoms with van der Waals surface area (Å²) < 4.78 is 0. The molecule has 0 radical (unpaired) electrons. The molecule has 0 aliphatic carbocycles. The predicted molar refractivity (Wildman–Crippen MR) is 102 cm³/mol. The van der Waals surface area contributed by atoms with E-state index in [0.717, 1.165) is 17.5 Å². The third-order valence-electron chi connectivity index (χ3n) is 3.85. The number of para-hydroxylation sites is 1. The van der Waals surface area contributed by atoms with E-state index in [2.05, 4.69) is 10.6 Å². The topological polar surface area (TPSA) is 75.3 Å². The van der Waals surface area contributed by atoms with E-state index in [4.69, 9.17) is 0 Å². The number of ketones is 1. The average Bonchev–Trinajstić information content (AvgIpc) is 2.63. The van der Waals surface area contributed by atoms with Crippen LogP contribution in [0.25, 0.3) is 0 Å². The molecule has 0 bridgehead atoms. The van der Waals surface area contributed by atoms with Crippen LogP contribution >= 0.6 is 0 Å². The molecule has 136 valence electrons. The molecule has 0 heterocycles. The molecule has 2 N–H and O–H groups in total. The van der Waals surface area contributed by atoms with Crippen molar-refractivity contribution in [2.24, 2.45) is 0 Å². The number of hydrogen-bond acceptors (Lipinski definition) is 3. The molecular weight excluding hydrogens is 328 g/mol. The van der Waals surface area contributed by atoms with E-state index in [1.807, 2.05) is 55.5 Å².